The Morgan fingerprint density at radius 2 is 1.84 bits per heavy atom. The zero-order valence-electron chi connectivity index (χ0n) is 12.2. The highest BCUT2D eigenvalue weighted by Gasteiger charge is 2.19. The summed E-state index contributed by atoms with van der Waals surface area (Å²) in [4.78, 5) is 4.83. The first-order chi connectivity index (χ1) is 9.20. The zero-order valence-corrected chi connectivity index (χ0v) is 12.2. The van der Waals surface area contributed by atoms with E-state index >= 15 is 0 Å². The van der Waals surface area contributed by atoms with Crippen LogP contribution in [0.25, 0.3) is 0 Å². The van der Waals surface area contributed by atoms with Crippen LogP contribution in [0.2, 0.25) is 0 Å². The number of benzene rings is 1. The van der Waals surface area contributed by atoms with Crippen molar-refractivity contribution in [3.8, 4) is 5.75 Å². The van der Waals surface area contributed by atoms with E-state index in [2.05, 4.69) is 41.3 Å². The van der Waals surface area contributed by atoms with Gasteiger partial charge in [0.2, 0.25) is 0 Å². The Labute approximate surface area is 116 Å². The van der Waals surface area contributed by atoms with E-state index in [-0.39, 0.29) is 0 Å². The zero-order chi connectivity index (χ0) is 13.7. The molecule has 0 spiro atoms. The monoisotopic (exact) mass is 263 g/mol. The van der Waals surface area contributed by atoms with Crippen molar-refractivity contribution in [2.45, 2.75) is 6.04 Å². The molecular formula is C15H25N3O. The van der Waals surface area contributed by atoms with Gasteiger partial charge in [-0.2, -0.15) is 0 Å². The van der Waals surface area contributed by atoms with Gasteiger partial charge in [-0.3, -0.25) is 4.90 Å². The van der Waals surface area contributed by atoms with Gasteiger partial charge in [-0.05, 0) is 31.8 Å². The van der Waals surface area contributed by atoms with Gasteiger partial charge in [0.1, 0.15) is 5.75 Å². The standard InChI is InChI=1S/C15H25N3O/c1-17(2)15(12-18-10-8-16-9-11-18)13-4-6-14(19-3)7-5-13/h4-7,15-16H,8-12H2,1-3H3. The first-order valence-electron chi connectivity index (χ1n) is 6.94. The van der Waals surface area contributed by atoms with Crippen LogP contribution in [0.4, 0.5) is 0 Å². The maximum atomic E-state index is 5.23. The molecule has 1 unspecified atom stereocenters. The lowest BCUT2D eigenvalue weighted by molar-refractivity contribution is 0.168. The second-order valence-electron chi connectivity index (χ2n) is 5.30. The number of nitrogens with zero attached hydrogens (tertiary/aromatic N) is 2. The molecule has 1 aliphatic rings. The minimum Gasteiger partial charge on any atom is -0.497 e. The minimum absolute atomic E-state index is 0.434. The largest absolute Gasteiger partial charge is 0.497 e. The van der Waals surface area contributed by atoms with E-state index in [0.717, 1.165) is 38.5 Å². The van der Waals surface area contributed by atoms with Crippen LogP contribution >= 0.6 is 0 Å². The average Bonchev–Trinajstić information content (AvgIpc) is 2.46. The van der Waals surface area contributed by atoms with Crippen LogP contribution in [0.3, 0.4) is 0 Å². The summed E-state index contributed by atoms with van der Waals surface area (Å²) in [5.41, 5.74) is 1.35. The lowest BCUT2D eigenvalue weighted by Gasteiger charge is -2.34. The third kappa shape index (κ3) is 3.93. The van der Waals surface area contributed by atoms with E-state index in [1.54, 1.807) is 7.11 Å². The van der Waals surface area contributed by atoms with E-state index in [1.807, 2.05) is 12.1 Å². The molecule has 0 aliphatic carbocycles. The van der Waals surface area contributed by atoms with Gasteiger partial charge in [0, 0.05) is 38.8 Å². The first-order valence-corrected chi connectivity index (χ1v) is 6.94. The summed E-state index contributed by atoms with van der Waals surface area (Å²) in [5, 5.41) is 3.40. The van der Waals surface area contributed by atoms with Gasteiger partial charge < -0.3 is 15.0 Å². The quantitative estimate of drug-likeness (QED) is 0.864. The third-order valence-corrected chi connectivity index (χ3v) is 3.76. The molecule has 106 valence electrons. The smallest absolute Gasteiger partial charge is 0.118 e. The van der Waals surface area contributed by atoms with E-state index in [0.29, 0.717) is 6.04 Å². The number of likely N-dealkylation sites (N-methyl/N-ethyl adjacent to an activating group) is 1. The summed E-state index contributed by atoms with van der Waals surface area (Å²) < 4.78 is 5.23. The van der Waals surface area contributed by atoms with Crippen LogP contribution < -0.4 is 10.1 Å². The Balaban J connectivity index is 2.05. The third-order valence-electron chi connectivity index (χ3n) is 3.76. The fourth-order valence-corrected chi connectivity index (χ4v) is 2.53. The van der Waals surface area contributed by atoms with Crippen molar-refractivity contribution in [3.05, 3.63) is 29.8 Å². The molecule has 0 aromatic heterocycles. The molecule has 19 heavy (non-hydrogen) atoms. The number of nitrogens with one attached hydrogen (secondary N) is 1. The molecule has 2 rings (SSSR count). The number of piperazine rings is 1. The van der Waals surface area contributed by atoms with Crippen molar-refractivity contribution >= 4 is 0 Å². The molecule has 0 bridgehead atoms. The molecule has 1 atom stereocenters. The van der Waals surface area contributed by atoms with Crippen LogP contribution in [0.5, 0.6) is 5.75 Å². The summed E-state index contributed by atoms with van der Waals surface area (Å²) in [6.45, 7) is 5.56. The molecule has 4 nitrogen and oxygen atoms in total. The van der Waals surface area contributed by atoms with Crippen molar-refractivity contribution in [1.82, 2.24) is 15.1 Å². The van der Waals surface area contributed by atoms with Gasteiger partial charge in [0.15, 0.2) is 0 Å². The molecule has 1 N–H and O–H groups in total. The second kappa shape index (κ2) is 6.89. The lowest BCUT2D eigenvalue weighted by atomic mass is 10.0. The van der Waals surface area contributed by atoms with Gasteiger partial charge in [0.05, 0.1) is 7.11 Å². The topological polar surface area (TPSA) is 27.7 Å². The minimum atomic E-state index is 0.434. The van der Waals surface area contributed by atoms with E-state index in [4.69, 9.17) is 4.74 Å². The van der Waals surface area contributed by atoms with Crippen molar-refractivity contribution in [3.63, 3.8) is 0 Å². The number of hydrogen-bond donors (Lipinski definition) is 1. The molecule has 1 aromatic rings. The van der Waals surface area contributed by atoms with Crippen molar-refractivity contribution in [2.24, 2.45) is 0 Å². The Hall–Kier alpha value is -1.10. The molecule has 0 amide bonds. The molecule has 1 heterocycles. The lowest BCUT2D eigenvalue weighted by Crippen LogP contribution is -2.46. The normalized spacial score (nSPS) is 18.5. The molecule has 1 aliphatic heterocycles. The Bertz CT molecular complexity index is 371. The van der Waals surface area contributed by atoms with Crippen LogP contribution in [0.1, 0.15) is 11.6 Å². The molecule has 1 aromatic carbocycles. The molecule has 1 fully saturated rings. The van der Waals surface area contributed by atoms with Crippen molar-refractivity contribution in [1.29, 1.82) is 0 Å². The maximum Gasteiger partial charge on any atom is 0.118 e. The highest BCUT2D eigenvalue weighted by molar-refractivity contribution is 5.29. The SMILES string of the molecule is COc1ccc(C(CN2CCNCC2)N(C)C)cc1. The number of ether oxygens (including phenoxy) is 1. The Kier molecular flexibility index (Phi) is 5.19. The second-order valence-corrected chi connectivity index (χ2v) is 5.30. The van der Waals surface area contributed by atoms with E-state index in [9.17, 15) is 0 Å². The van der Waals surface area contributed by atoms with Crippen LogP contribution in [0.15, 0.2) is 24.3 Å². The fraction of sp³-hybridized carbons (Fsp3) is 0.600. The van der Waals surface area contributed by atoms with E-state index in [1.165, 1.54) is 5.56 Å². The highest BCUT2D eigenvalue weighted by Crippen LogP contribution is 2.22. The number of rotatable bonds is 5. The van der Waals surface area contributed by atoms with E-state index < -0.39 is 0 Å². The van der Waals surface area contributed by atoms with Crippen LogP contribution in [-0.2, 0) is 0 Å². The van der Waals surface area contributed by atoms with Gasteiger partial charge in [-0.25, -0.2) is 0 Å². The summed E-state index contributed by atoms with van der Waals surface area (Å²) in [6.07, 6.45) is 0. The predicted molar refractivity (Wildman–Crippen MR) is 78.7 cm³/mol. The summed E-state index contributed by atoms with van der Waals surface area (Å²) in [5.74, 6) is 0.920. The highest BCUT2D eigenvalue weighted by atomic mass is 16.5. The summed E-state index contributed by atoms with van der Waals surface area (Å²) in [6, 6.07) is 8.87. The predicted octanol–water partition coefficient (Wildman–Crippen LogP) is 1.20. The number of hydrogen-bond acceptors (Lipinski definition) is 4. The molecule has 1 saturated heterocycles. The molecule has 0 saturated carbocycles. The van der Waals surface area contributed by atoms with Gasteiger partial charge in [0.25, 0.3) is 0 Å². The molecule has 0 radical (unpaired) electrons. The average molecular weight is 263 g/mol. The first kappa shape index (κ1) is 14.3. The molecular weight excluding hydrogens is 238 g/mol. The number of methoxy groups -OCH3 is 1. The van der Waals surface area contributed by atoms with Gasteiger partial charge in [-0.15, -0.1) is 0 Å². The summed E-state index contributed by atoms with van der Waals surface area (Å²) in [7, 11) is 6.01. The molecule has 4 heteroatoms. The maximum absolute atomic E-state index is 5.23. The van der Waals surface area contributed by atoms with Crippen molar-refractivity contribution in [2.75, 3.05) is 53.9 Å². The Morgan fingerprint density at radius 1 is 1.21 bits per heavy atom. The van der Waals surface area contributed by atoms with Crippen LogP contribution in [0, 0.1) is 0 Å². The fourth-order valence-electron chi connectivity index (χ4n) is 2.53. The summed E-state index contributed by atoms with van der Waals surface area (Å²) >= 11 is 0. The van der Waals surface area contributed by atoms with Gasteiger partial charge in [-0.1, -0.05) is 12.1 Å². The van der Waals surface area contributed by atoms with Crippen LogP contribution in [-0.4, -0.2) is 63.7 Å². The van der Waals surface area contributed by atoms with Gasteiger partial charge >= 0.3 is 0 Å². The Morgan fingerprint density at radius 3 is 2.37 bits per heavy atom. The van der Waals surface area contributed by atoms with Crippen molar-refractivity contribution < 1.29 is 4.74 Å².